The maximum atomic E-state index is 4.70. The molecule has 0 spiro atoms. The summed E-state index contributed by atoms with van der Waals surface area (Å²) < 4.78 is 3.79. The van der Waals surface area contributed by atoms with Crippen LogP contribution in [0.15, 0.2) is 34.6 Å². The van der Waals surface area contributed by atoms with Gasteiger partial charge < -0.3 is 9.72 Å². The Labute approximate surface area is 125 Å². The smallest absolute Gasteiger partial charge is 0.215 e. The van der Waals surface area contributed by atoms with Crippen LogP contribution in [0.3, 0.4) is 0 Å². The number of pyridine rings is 1. The van der Waals surface area contributed by atoms with Crippen LogP contribution in [0.5, 0.6) is 0 Å². The Balaban J connectivity index is 1.71. The molecule has 1 fully saturated rings. The first-order valence-corrected chi connectivity index (χ1v) is 7.72. The summed E-state index contributed by atoms with van der Waals surface area (Å²) in [4.78, 5) is 4.70. The normalized spacial score (nSPS) is 14.9. The molecule has 0 unspecified atom stereocenters. The molecular weight excluding hydrogens is 286 g/mol. The highest BCUT2D eigenvalue weighted by Crippen LogP contribution is 2.29. The minimum absolute atomic E-state index is 0.661. The van der Waals surface area contributed by atoms with E-state index in [2.05, 4.69) is 25.2 Å². The second kappa shape index (κ2) is 5.12. The van der Waals surface area contributed by atoms with E-state index in [1.807, 2.05) is 31.4 Å². The zero-order valence-corrected chi connectivity index (χ0v) is 12.4. The number of nitrogens with zero attached hydrogens (tertiary/aromatic N) is 6. The third kappa shape index (κ3) is 2.52. The number of aromatic nitrogens is 6. The van der Waals surface area contributed by atoms with Crippen molar-refractivity contribution in [2.45, 2.75) is 35.6 Å². The third-order valence-electron chi connectivity index (χ3n) is 3.50. The molecule has 3 aromatic heterocycles. The number of rotatable bonds is 5. The monoisotopic (exact) mass is 301 g/mol. The van der Waals surface area contributed by atoms with Crippen molar-refractivity contribution >= 4 is 17.4 Å². The molecule has 1 aliphatic rings. The van der Waals surface area contributed by atoms with E-state index in [9.17, 15) is 0 Å². The van der Waals surface area contributed by atoms with Crippen LogP contribution in [-0.2, 0) is 13.6 Å². The molecule has 0 bridgehead atoms. The van der Waals surface area contributed by atoms with Gasteiger partial charge in [-0.1, -0.05) is 6.07 Å². The van der Waals surface area contributed by atoms with Gasteiger partial charge in [-0.25, -0.2) is 9.67 Å². The molecule has 1 saturated carbocycles. The zero-order chi connectivity index (χ0) is 14.2. The van der Waals surface area contributed by atoms with Crippen molar-refractivity contribution in [1.82, 2.24) is 34.9 Å². The van der Waals surface area contributed by atoms with Gasteiger partial charge in [-0.3, -0.25) is 0 Å². The minimum Gasteiger partial charge on any atom is -0.308 e. The fourth-order valence-electron chi connectivity index (χ4n) is 2.19. The summed E-state index contributed by atoms with van der Waals surface area (Å²) in [7, 11) is 1.83. The predicted molar refractivity (Wildman–Crippen MR) is 78.0 cm³/mol. The molecule has 0 aliphatic heterocycles. The van der Waals surface area contributed by atoms with Gasteiger partial charge in [-0.05, 0) is 47.2 Å². The van der Waals surface area contributed by atoms with E-state index in [4.69, 9.17) is 4.98 Å². The van der Waals surface area contributed by atoms with Gasteiger partial charge in [-0.15, -0.1) is 5.10 Å². The fourth-order valence-corrected chi connectivity index (χ4v) is 3.04. The van der Waals surface area contributed by atoms with Crippen molar-refractivity contribution in [3.05, 3.63) is 30.1 Å². The zero-order valence-electron chi connectivity index (χ0n) is 11.6. The molecule has 108 valence electrons. The van der Waals surface area contributed by atoms with Crippen LogP contribution in [0.25, 0.3) is 5.65 Å². The summed E-state index contributed by atoms with van der Waals surface area (Å²) in [6, 6.07) is 6.69. The average Bonchev–Trinajstić information content (AvgIpc) is 3.14. The summed E-state index contributed by atoms with van der Waals surface area (Å²) >= 11 is 1.50. The Morgan fingerprint density at radius 2 is 2.29 bits per heavy atom. The van der Waals surface area contributed by atoms with Crippen molar-refractivity contribution in [2.24, 2.45) is 7.05 Å². The van der Waals surface area contributed by atoms with Crippen molar-refractivity contribution in [2.75, 3.05) is 0 Å². The summed E-state index contributed by atoms with van der Waals surface area (Å²) in [5.74, 6) is 0. The van der Waals surface area contributed by atoms with Crippen LogP contribution in [0.4, 0.5) is 0 Å². The summed E-state index contributed by atoms with van der Waals surface area (Å²) in [6.45, 7) is 0.809. The molecule has 3 aromatic rings. The Bertz CT molecular complexity index is 774. The van der Waals surface area contributed by atoms with E-state index in [-0.39, 0.29) is 0 Å². The van der Waals surface area contributed by atoms with Gasteiger partial charge >= 0.3 is 0 Å². The van der Waals surface area contributed by atoms with Crippen molar-refractivity contribution in [3.8, 4) is 0 Å². The molecule has 3 heterocycles. The van der Waals surface area contributed by atoms with E-state index in [1.165, 1.54) is 24.6 Å². The number of hydrogen-bond acceptors (Lipinski definition) is 6. The van der Waals surface area contributed by atoms with Crippen LogP contribution < -0.4 is 5.32 Å². The number of nitrogens with one attached hydrogen (secondary N) is 1. The molecular formula is C13H15N7S. The lowest BCUT2D eigenvalue weighted by Crippen LogP contribution is -2.17. The number of hydrogen-bond donors (Lipinski definition) is 1. The molecule has 7 nitrogen and oxygen atoms in total. The molecule has 0 radical (unpaired) electrons. The van der Waals surface area contributed by atoms with Crippen LogP contribution >= 0.6 is 11.8 Å². The summed E-state index contributed by atoms with van der Waals surface area (Å²) in [5.41, 5.74) is 2.10. The number of aryl methyl sites for hydroxylation is 1. The van der Waals surface area contributed by atoms with Crippen molar-refractivity contribution in [1.29, 1.82) is 0 Å². The lowest BCUT2D eigenvalue weighted by molar-refractivity contribution is 0.656. The Kier molecular flexibility index (Phi) is 3.12. The third-order valence-corrected chi connectivity index (χ3v) is 4.55. The van der Waals surface area contributed by atoms with Gasteiger partial charge in [0.2, 0.25) is 5.16 Å². The predicted octanol–water partition coefficient (Wildman–Crippen LogP) is 1.26. The molecule has 0 saturated heterocycles. The Morgan fingerprint density at radius 3 is 3.05 bits per heavy atom. The highest BCUT2D eigenvalue weighted by Gasteiger charge is 2.22. The second-order valence-corrected chi connectivity index (χ2v) is 6.09. The molecule has 8 heteroatoms. The van der Waals surface area contributed by atoms with Gasteiger partial charge in [0.05, 0.1) is 5.69 Å². The summed E-state index contributed by atoms with van der Waals surface area (Å²) in [6.07, 6.45) is 4.59. The highest BCUT2D eigenvalue weighted by atomic mass is 32.2. The first kappa shape index (κ1) is 12.8. The molecule has 21 heavy (non-hydrogen) atoms. The molecule has 0 aromatic carbocycles. The van der Waals surface area contributed by atoms with Crippen molar-refractivity contribution < 1.29 is 0 Å². The molecule has 0 atom stereocenters. The van der Waals surface area contributed by atoms with Crippen LogP contribution in [0, 0.1) is 0 Å². The minimum atomic E-state index is 0.661. The lowest BCUT2D eigenvalue weighted by atomic mass is 10.4. The van der Waals surface area contributed by atoms with Gasteiger partial charge in [0.1, 0.15) is 10.7 Å². The topological polar surface area (TPSA) is 72.9 Å². The van der Waals surface area contributed by atoms with E-state index < -0.39 is 0 Å². The van der Waals surface area contributed by atoms with E-state index in [0.29, 0.717) is 6.04 Å². The Hall–Kier alpha value is -1.93. The Morgan fingerprint density at radius 1 is 1.38 bits per heavy atom. The SMILES string of the molecule is Cn1nnnc1Sc1nc2ccccn2c1CNC1CC1. The highest BCUT2D eigenvalue weighted by molar-refractivity contribution is 7.99. The largest absolute Gasteiger partial charge is 0.308 e. The second-order valence-electron chi connectivity index (χ2n) is 5.13. The van der Waals surface area contributed by atoms with Gasteiger partial charge in [0, 0.05) is 25.8 Å². The average molecular weight is 301 g/mol. The standard InChI is InChI=1S/C13H15N7S/c1-19-13(16-17-18-19)21-12-10(8-14-9-5-6-9)20-7-3-2-4-11(20)15-12/h2-4,7,9,14H,5-6,8H2,1H3. The van der Waals surface area contributed by atoms with Crippen LogP contribution in [-0.4, -0.2) is 35.6 Å². The maximum Gasteiger partial charge on any atom is 0.215 e. The van der Waals surface area contributed by atoms with E-state index >= 15 is 0 Å². The van der Waals surface area contributed by atoms with Crippen LogP contribution in [0.1, 0.15) is 18.5 Å². The molecule has 1 aliphatic carbocycles. The quantitative estimate of drug-likeness (QED) is 0.765. The number of tetrazole rings is 1. The first-order chi connectivity index (χ1) is 10.3. The van der Waals surface area contributed by atoms with Crippen molar-refractivity contribution in [3.63, 3.8) is 0 Å². The van der Waals surface area contributed by atoms with E-state index in [1.54, 1.807) is 4.68 Å². The fraction of sp³-hybridized carbons (Fsp3) is 0.385. The summed E-state index contributed by atoms with van der Waals surface area (Å²) in [5, 5.41) is 16.8. The molecule has 0 amide bonds. The number of fused-ring (bicyclic) bond motifs is 1. The molecule has 4 rings (SSSR count). The maximum absolute atomic E-state index is 4.70. The van der Waals surface area contributed by atoms with Crippen LogP contribution in [0.2, 0.25) is 0 Å². The lowest BCUT2D eigenvalue weighted by Gasteiger charge is -2.05. The van der Waals surface area contributed by atoms with E-state index in [0.717, 1.165) is 28.1 Å². The number of imidazole rings is 1. The first-order valence-electron chi connectivity index (χ1n) is 6.91. The van der Waals surface area contributed by atoms with Gasteiger partial charge in [0.15, 0.2) is 0 Å². The van der Waals surface area contributed by atoms with Gasteiger partial charge in [0.25, 0.3) is 0 Å². The molecule has 1 N–H and O–H groups in total. The van der Waals surface area contributed by atoms with Gasteiger partial charge in [-0.2, -0.15) is 0 Å².